The summed E-state index contributed by atoms with van der Waals surface area (Å²) >= 11 is -0.655. The van der Waals surface area contributed by atoms with Gasteiger partial charge in [0, 0.05) is 0 Å². The third-order valence-electron chi connectivity index (χ3n) is 4.45. The van der Waals surface area contributed by atoms with Gasteiger partial charge in [0.1, 0.15) is 0 Å². The van der Waals surface area contributed by atoms with Gasteiger partial charge in [0.25, 0.3) is 0 Å². The molecule has 0 aromatic heterocycles. The maximum atomic E-state index is 6.28. The van der Waals surface area contributed by atoms with Crippen molar-refractivity contribution in [2.45, 2.75) is 27.2 Å². The summed E-state index contributed by atoms with van der Waals surface area (Å²) < 4.78 is 7.73. The zero-order valence-corrected chi connectivity index (χ0v) is 20.4. The van der Waals surface area contributed by atoms with E-state index in [9.17, 15) is 0 Å². The van der Waals surface area contributed by atoms with Crippen molar-refractivity contribution in [2.24, 2.45) is 5.41 Å². The Labute approximate surface area is 191 Å². The van der Waals surface area contributed by atoms with Crippen LogP contribution in [0.5, 0.6) is 0 Å². The second-order valence-corrected chi connectivity index (χ2v) is 10.1. The maximum Gasteiger partial charge on any atom is -1.00 e. The van der Waals surface area contributed by atoms with Crippen LogP contribution in [0.1, 0.15) is 32.8 Å². The minimum Gasteiger partial charge on any atom is -1.00 e. The Morgan fingerprint density at radius 2 is 1.75 bits per heavy atom. The summed E-state index contributed by atoms with van der Waals surface area (Å²) in [6.07, 6.45) is 5.62. The van der Waals surface area contributed by atoms with Crippen LogP contribution < -0.4 is 28.7 Å². The van der Waals surface area contributed by atoms with Crippen LogP contribution in [0.25, 0.3) is 16.3 Å². The molecule has 3 rings (SSSR count). The van der Waals surface area contributed by atoms with Gasteiger partial charge in [-0.25, -0.2) is 0 Å². The van der Waals surface area contributed by atoms with E-state index >= 15 is 0 Å². The number of likely N-dealkylation sites (N-methyl/N-ethyl adjacent to an activating group) is 1. The van der Waals surface area contributed by atoms with Crippen molar-refractivity contribution in [3.63, 3.8) is 0 Å². The van der Waals surface area contributed by atoms with E-state index in [1.807, 2.05) is 0 Å². The molecule has 0 N–H and O–H groups in total. The Morgan fingerprint density at radius 1 is 1.04 bits per heavy atom. The standard InChI is InChI=1S/C18H18N.C5H11O.2ClH.Ti/c1-19(2)13-17-8-5-9-18(17)16-11-10-14-6-3-4-7-15(14)12-16;1-5(2,3)4-6;;;/h3-8,10-11H,9,13H2,1-2H3;4H2,1-3H3;2*1H;/q;-1;;;+3/p-2. The fraction of sp³-hybridized carbons (Fsp3) is 0.391. The molecule has 0 fully saturated rings. The molecule has 0 unspecified atom stereocenters. The fourth-order valence-electron chi connectivity index (χ4n) is 3.28. The average molecular weight is 454 g/mol. The number of hydrogen-bond acceptors (Lipinski definition) is 2. The van der Waals surface area contributed by atoms with Crippen molar-refractivity contribution < 1.29 is 47.7 Å². The molecule has 2 nitrogen and oxygen atoms in total. The zero-order valence-electron chi connectivity index (χ0n) is 17.4. The third kappa shape index (κ3) is 6.45. The molecular formula is C23H29Cl2NOTi. The first-order chi connectivity index (χ1) is 12.3. The first kappa shape index (κ1) is 25.4. The molecule has 0 saturated heterocycles. The molecule has 0 aliphatic heterocycles. The Kier molecular flexibility index (Phi) is 9.96. The Balaban J connectivity index is 0.00000196. The van der Waals surface area contributed by atoms with Crippen LogP contribution in [0.15, 0.2) is 54.1 Å². The van der Waals surface area contributed by atoms with Gasteiger partial charge in [-0.15, -0.1) is 0 Å². The second-order valence-electron chi connectivity index (χ2n) is 8.51. The Bertz CT molecular complexity index is 853. The van der Waals surface area contributed by atoms with E-state index in [1.54, 1.807) is 0 Å². The smallest absolute Gasteiger partial charge is 1.00 e. The molecule has 0 radical (unpaired) electrons. The quantitative estimate of drug-likeness (QED) is 0.510. The van der Waals surface area contributed by atoms with E-state index in [0.717, 1.165) is 19.6 Å². The van der Waals surface area contributed by atoms with Crippen LogP contribution in [-0.4, -0.2) is 32.1 Å². The number of allylic oxidation sites excluding steroid dienone is 2. The summed E-state index contributed by atoms with van der Waals surface area (Å²) in [5, 5.41) is 2.68. The van der Waals surface area contributed by atoms with Crippen LogP contribution in [-0.2, 0) is 22.9 Å². The topological polar surface area (TPSA) is 12.5 Å². The minimum atomic E-state index is -0.655. The fourth-order valence-corrected chi connectivity index (χ4v) is 5.36. The first-order valence-electron chi connectivity index (χ1n) is 9.28. The number of nitrogens with zero attached hydrogens (tertiary/aromatic N) is 1. The molecule has 5 heteroatoms. The molecule has 1 aliphatic carbocycles. The maximum absolute atomic E-state index is 6.28. The second kappa shape index (κ2) is 11.0. The summed E-state index contributed by atoms with van der Waals surface area (Å²) in [5.74, 6) is 0. The summed E-state index contributed by atoms with van der Waals surface area (Å²) in [4.78, 5) is 2.25. The SMILES string of the molecule is CN(C)CC1=C(c2ccc3ccccc3[c]2[Ti+2][O]CC(C)(C)C)CC=C1.[Cl-].[Cl-]. The van der Waals surface area contributed by atoms with E-state index < -0.39 is 19.5 Å². The molecule has 2 aromatic rings. The molecule has 0 heterocycles. The number of hydrogen-bond donors (Lipinski definition) is 0. The van der Waals surface area contributed by atoms with Gasteiger partial charge in [-0.1, -0.05) is 0 Å². The van der Waals surface area contributed by atoms with Crippen LogP contribution in [0.3, 0.4) is 0 Å². The average Bonchev–Trinajstić information content (AvgIpc) is 3.01. The van der Waals surface area contributed by atoms with Crippen molar-refractivity contribution >= 4 is 20.2 Å². The van der Waals surface area contributed by atoms with Crippen molar-refractivity contribution in [3.05, 3.63) is 59.7 Å². The number of fused-ring (bicyclic) bond motifs is 1. The first-order valence-corrected chi connectivity index (χ1v) is 10.7. The number of halogens is 2. The predicted octanol–water partition coefficient (Wildman–Crippen LogP) is -1.19. The van der Waals surface area contributed by atoms with Crippen LogP contribution in [0.2, 0.25) is 0 Å². The van der Waals surface area contributed by atoms with Gasteiger partial charge in [-0.05, 0) is 0 Å². The monoisotopic (exact) mass is 453 g/mol. The number of benzene rings is 2. The summed E-state index contributed by atoms with van der Waals surface area (Å²) in [5.41, 5.74) is 4.52. The third-order valence-corrected chi connectivity index (χ3v) is 6.06. The van der Waals surface area contributed by atoms with E-state index in [-0.39, 0.29) is 30.2 Å². The molecule has 1 aliphatic rings. The Hall–Kier alpha value is -0.606. The summed E-state index contributed by atoms with van der Waals surface area (Å²) in [7, 11) is 4.27. The molecule has 0 atom stereocenters. The van der Waals surface area contributed by atoms with Gasteiger partial charge in [0.15, 0.2) is 0 Å². The van der Waals surface area contributed by atoms with Gasteiger partial charge >= 0.3 is 168 Å². The molecule has 0 spiro atoms. The van der Waals surface area contributed by atoms with E-state index in [1.165, 1.54) is 31.4 Å². The summed E-state index contributed by atoms with van der Waals surface area (Å²) in [6.45, 7) is 8.52. The normalized spacial score (nSPS) is 13.5. The van der Waals surface area contributed by atoms with Crippen molar-refractivity contribution in [1.29, 1.82) is 0 Å². The molecule has 28 heavy (non-hydrogen) atoms. The zero-order chi connectivity index (χ0) is 18.7. The van der Waals surface area contributed by atoms with Gasteiger partial charge in [0.05, 0.1) is 0 Å². The van der Waals surface area contributed by atoms with Gasteiger partial charge in [-0.3, -0.25) is 0 Å². The largest absolute Gasteiger partial charge is 1.00 e. The van der Waals surface area contributed by atoms with Crippen LogP contribution in [0.4, 0.5) is 0 Å². The molecule has 0 amide bonds. The van der Waals surface area contributed by atoms with Gasteiger partial charge in [-0.2, -0.15) is 0 Å². The summed E-state index contributed by atoms with van der Waals surface area (Å²) in [6, 6.07) is 13.3. The van der Waals surface area contributed by atoms with Gasteiger partial charge < -0.3 is 24.8 Å². The number of rotatable bonds is 6. The molecule has 2 aromatic carbocycles. The molecule has 0 saturated carbocycles. The van der Waals surface area contributed by atoms with Crippen molar-refractivity contribution in [3.8, 4) is 0 Å². The van der Waals surface area contributed by atoms with Crippen LogP contribution >= 0.6 is 0 Å². The van der Waals surface area contributed by atoms with E-state index in [0.29, 0.717) is 0 Å². The molecule has 150 valence electrons. The van der Waals surface area contributed by atoms with Gasteiger partial charge in [0.2, 0.25) is 0 Å². The van der Waals surface area contributed by atoms with E-state index in [2.05, 4.69) is 88.3 Å². The molecule has 0 bridgehead atoms. The predicted molar refractivity (Wildman–Crippen MR) is 108 cm³/mol. The molecular weight excluding hydrogens is 425 g/mol. The van der Waals surface area contributed by atoms with E-state index in [4.69, 9.17) is 3.32 Å². The van der Waals surface area contributed by atoms with Crippen molar-refractivity contribution in [2.75, 3.05) is 27.2 Å². The Morgan fingerprint density at radius 3 is 2.43 bits per heavy atom. The minimum absolute atomic E-state index is 0. The van der Waals surface area contributed by atoms with Crippen molar-refractivity contribution in [1.82, 2.24) is 4.90 Å². The van der Waals surface area contributed by atoms with Crippen LogP contribution in [0, 0.1) is 5.41 Å².